The lowest BCUT2D eigenvalue weighted by atomic mass is 9.94. The third-order valence-electron chi connectivity index (χ3n) is 4.40. The molecular weight excluding hydrogens is 509 g/mol. The molecule has 3 rings (SSSR count). The third kappa shape index (κ3) is 3.23. The van der Waals surface area contributed by atoms with Crippen molar-refractivity contribution in [1.29, 1.82) is 0 Å². The number of nitrogens with zero attached hydrogens (tertiary/aromatic N) is 1. The standard InChI is InChI=1S/C18F13NO2/c19-5-1(2-9(23)12(26)15(29)13(27)10(2)24)6(20)8(22)3(7(5)21)4-11(25)14(28)16(30)17(31)18(4)32(33)34. The first-order valence-electron chi connectivity index (χ1n) is 8.05. The van der Waals surface area contributed by atoms with Crippen LogP contribution in [0.25, 0.3) is 22.3 Å². The van der Waals surface area contributed by atoms with E-state index in [-0.39, 0.29) is 0 Å². The maximum atomic E-state index is 14.6. The van der Waals surface area contributed by atoms with E-state index in [0.717, 1.165) is 0 Å². The van der Waals surface area contributed by atoms with E-state index >= 15 is 0 Å². The predicted octanol–water partition coefficient (Wildman–Crippen LogP) is 6.74. The second-order valence-corrected chi connectivity index (χ2v) is 6.19. The zero-order chi connectivity index (χ0) is 26.0. The first kappa shape index (κ1) is 24.8. The van der Waals surface area contributed by atoms with Gasteiger partial charge in [0, 0.05) is 0 Å². The van der Waals surface area contributed by atoms with Gasteiger partial charge in [-0.2, -0.15) is 4.39 Å². The summed E-state index contributed by atoms with van der Waals surface area (Å²) in [5, 5.41) is 11.0. The van der Waals surface area contributed by atoms with Crippen molar-refractivity contribution < 1.29 is 62.0 Å². The summed E-state index contributed by atoms with van der Waals surface area (Å²) in [6, 6.07) is 0. The van der Waals surface area contributed by atoms with E-state index < -0.39 is 108 Å². The largest absolute Gasteiger partial charge is 0.319 e. The van der Waals surface area contributed by atoms with Crippen LogP contribution in [0.2, 0.25) is 0 Å². The normalized spacial score (nSPS) is 11.3. The van der Waals surface area contributed by atoms with Gasteiger partial charge < -0.3 is 0 Å². The number of halogens is 13. The van der Waals surface area contributed by atoms with Crippen molar-refractivity contribution in [3.8, 4) is 22.3 Å². The lowest BCUT2D eigenvalue weighted by Crippen LogP contribution is -2.12. The molecule has 0 bridgehead atoms. The topological polar surface area (TPSA) is 43.1 Å². The third-order valence-corrected chi connectivity index (χ3v) is 4.40. The number of benzene rings is 3. The Kier molecular flexibility index (Phi) is 5.96. The van der Waals surface area contributed by atoms with E-state index in [0.29, 0.717) is 0 Å². The fourth-order valence-corrected chi connectivity index (χ4v) is 2.91. The van der Waals surface area contributed by atoms with Crippen LogP contribution >= 0.6 is 0 Å². The van der Waals surface area contributed by atoms with Gasteiger partial charge in [-0.15, -0.1) is 0 Å². The molecule has 3 aromatic rings. The summed E-state index contributed by atoms with van der Waals surface area (Å²) >= 11 is 0. The van der Waals surface area contributed by atoms with Crippen LogP contribution in [0.5, 0.6) is 0 Å². The molecule has 180 valence electrons. The number of nitro benzene ring substituents is 1. The van der Waals surface area contributed by atoms with Gasteiger partial charge in [-0.3, -0.25) is 10.1 Å². The first-order valence-corrected chi connectivity index (χ1v) is 8.05. The van der Waals surface area contributed by atoms with Crippen molar-refractivity contribution in [2.24, 2.45) is 0 Å². The number of rotatable bonds is 3. The highest BCUT2D eigenvalue weighted by molar-refractivity contribution is 5.79. The van der Waals surface area contributed by atoms with Gasteiger partial charge in [-0.25, -0.2) is 52.7 Å². The summed E-state index contributed by atoms with van der Waals surface area (Å²) in [6.45, 7) is 0. The van der Waals surface area contributed by atoms with Gasteiger partial charge >= 0.3 is 5.69 Å². The van der Waals surface area contributed by atoms with E-state index in [1.807, 2.05) is 0 Å². The zero-order valence-electron chi connectivity index (χ0n) is 15.2. The molecule has 0 aliphatic rings. The summed E-state index contributed by atoms with van der Waals surface area (Å²) in [5.41, 5.74) is -12.8. The molecule has 3 aromatic carbocycles. The minimum atomic E-state index is -3.02. The van der Waals surface area contributed by atoms with Gasteiger partial charge in [0.05, 0.1) is 21.6 Å². The Hall–Kier alpha value is -3.85. The van der Waals surface area contributed by atoms with Crippen molar-refractivity contribution >= 4 is 5.69 Å². The summed E-state index contributed by atoms with van der Waals surface area (Å²) in [7, 11) is 0. The van der Waals surface area contributed by atoms with Gasteiger partial charge in [0.15, 0.2) is 58.2 Å². The van der Waals surface area contributed by atoms with Gasteiger partial charge in [-0.05, 0) is 0 Å². The SMILES string of the molecule is O=[N+]([O-])c1c(F)c(F)c(F)c(F)c1-c1c(F)c(F)c(-c2c(F)c(F)c(F)c(F)c2F)c(F)c1F. The Balaban J connectivity index is 2.56. The van der Waals surface area contributed by atoms with E-state index in [9.17, 15) is 67.2 Å². The van der Waals surface area contributed by atoms with Crippen molar-refractivity contribution in [1.82, 2.24) is 0 Å². The van der Waals surface area contributed by atoms with E-state index in [1.54, 1.807) is 0 Å². The lowest BCUT2D eigenvalue weighted by molar-refractivity contribution is -0.387. The fraction of sp³-hybridized carbons (Fsp3) is 0. The van der Waals surface area contributed by atoms with Crippen molar-refractivity contribution in [2.75, 3.05) is 0 Å². The Morgan fingerprint density at radius 1 is 0.353 bits per heavy atom. The maximum absolute atomic E-state index is 14.6. The zero-order valence-corrected chi connectivity index (χ0v) is 15.2. The van der Waals surface area contributed by atoms with Crippen LogP contribution < -0.4 is 0 Å². The van der Waals surface area contributed by atoms with Crippen LogP contribution in [0, 0.1) is 85.7 Å². The van der Waals surface area contributed by atoms with Crippen LogP contribution in [-0.4, -0.2) is 4.92 Å². The smallest absolute Gasteiger partial charge is 0.258 e. The Bertz CT molecular complexity index is 1360. The highest BCUT2D eigenvalue weighted by Gasteiger charge is 2.40. The molecule has 0 atom stereocenters. The molecule has 0 aliphatic heterocycles. The van der Waals surface area contributed by atoms with Crippen LogP contribution in [0.15, 0.2) is 0 Å². The molecular formula is C18F13NO2. The second-order valence-electron chi connectivity index (χ2n) is 6.19. The van der Waals surface area contributed by atoms with Crippen molar-refractivity contribution in [2.45, 2.75) is 0 Å². The van der Waals surface area contributed by atoms with Crippen LogP contribution in [-0.2, 0) is 0 Å². The minimum Gasteiger partial charge on any atom is -0.258 e. The predicted molar refractivity (Wildman–Crippen MR) is 83.4 cm³/mol. The van der Waals surface area contributed by atoms with Crippen molar-refractivity contribution in [3.05, 3.63) is 85.7 Å². The van der Waals surface area contributed by atoms with E-state index in [1.165, 1.54) is 0 Å². The molecule has 0 spiro atoms. The number of nitro groups is 1. The molecule has 3 nitrogen and oxygen atoms in total. The molecule has 0 radical (unpaired) electrons. The molecule has 34 heavy (non-hydrogen) atoms. The van der Waals surface area contributed by atoms with Crippen LogP contribution in [0.3, 0.4) is 0 Å². The molecule has 0 saturated carbocycles. The van der Waals surface area contributed by atoms with Crippen LogP contribution in [0.4, 0.5) is 62.8 Å². The Labute approximate surface area is 176 Å². The molecule has 0 N–H and O–H groups in total. The second kappa shape index (κ2) is 8.18. The quantitative estimate of drug-likeness (QED) is 0.129. The minimum absolute atomic E-state index is 2.05. The first-order chi connectivity index (χ1) is 15.7. The molecule has 0 heterocycles. The summed E-state index contributed by atoms with van der Waals surface area (Å²) in [4.78, 5) is 8.92. The van der Waals surface area contributed by atoms with E-state index in [2.05, 4.69) is 0 Å². The van der Waals surface area contributed by atoms with Gasteiger partial charge in [0.2, 0.25) is 17.5 Å². The molecule has 0 aliphatic carbocycles. The monoisotopic (exact) mass is 509 g/mol. The fourth-order valence-electron chi connectivity index (χ4n) is 2.91. The maximum Gasteiger partial charge on any atom is 0.319 e. The van der Waals surface area contributed by atoms with Crippen LogP contribution in [0.1, 0.15) is 0 Å². The van der Waals surface area contributed by atoms with Gasteiger partial charge in [0.1, 0.15) is 5.56 Å². The number of hydrogen-bond acceptors (Lipinski definition) is 2. The van der Waals surface area contributed by atoms with Crippen molar-refractivity contribution in [3.63, 3.8) is 0 Å². The molecule has 0 unspecified atom stereocenters. The average Bonchev–Trinajstić information content (AvgIpc) is 2.78. The molecule has 0 fully saturated rings. The molecule has 0 aromatic heterocycles. The van der Waals surface area contributed by atoms with E-state index in [4.69, 9.17) is 0 Å². The summed E-state index contributed by atoms with van der Waals surface area (Å²) in [6.07, 6.45) is 0. The molecule has 0 saturated heterocycles. The lowest BCUT2D eigenvalue weighted by Gasteiger charge is -2.15. The Morgan fingerprint density at radius 3 is 0.882 bits per heavy atom. The molecule has 16 heteroatoms. The molecule has 0 amide bonds. The highest BCUT2D eigenvalue weighted by Crippen LogP contribution is 2.44. The highest BCUT2D eigenvalue weighted by atomic mass is 19.2. The van der Waals surface area contributed by atoms with Gasteiger partial charge in [0.25, 0.3) is 0 Å². The average molecular weight is 509 g/mol. The summed E-state index contributed by atoms with van der Waals surface area (Å²) in [5.74, 6) is -38.0. The number of hydrogen-bond donors (Lipinski definition) is 0. The van der Waals surface area contributed by atoms with Gasteiger partial charge in [-0.1, -0.05) is 0 Å². The summed E-state index contributed by atoms with van der Waals surface area (Å²) < 4.78 is 181. The Morgan fingerprint density at radius 2 is 0.559 bits per heavy atom.